The van der Waals surface area contributed by atoms with Crippen LogP contribution in [0.4, 0.5) is 19.3 Å². The molecule has 0 saturated heterocycles. The van der Waals surface area contributed by atoms with Crippen LogP contribution in [0.25, 0.3) is 0 Å². The van der Waals surface area contributed by atoms with E-state index in [1.54, 1.807) is 13.8 Å². The number of primary amides is 1. The van der Waals surface area contributed by atoms with E-state index in [1.165, 1.54) is 12.3 Å². The quantitative estimate of drug-likeness (QED) is 0.287. The molecule has 0 aliphatic heterocycles. The zero-order valence-electron chi connectivity index (χ0n) is 18.4. The summed E-state index contributed by atoms with van der Waals surface area (Å²) in [7, 11) is 0. The van der Waals surface area contributed by atoms with Crippen LogP contribution < -0.4 is 21.1 Å². The fraction of sp³-hybridized carbons (Fsp3) is 0.364. The predicted octanol–water partition coefficient (Wildman–Crippen LogP) is 3.57. The van der Waals surface area contributed by atoms with Gasteiger partial charge in [0, 0.05) is 11.3 Å². The van der Waals surface area contributed by atoms with E-state index in [4.69, 9.17) is 28.5 Å². The van der Waals surface area contributed by atoms with Crippen molar-refractivity contribution in [3.63, 3.8) is 0 Å². The molecule has 8 nitrogen and oxygen atoms in total. The largest absolute Gasteiger partial charge is 0.463 e. The molecule has 0 bridgehead atoms. The normalized spacial score (nSPS) is 14.3. The van der Waals surface area contributed by atoms with E-state index in [0.717, 1.165) is 12.3 Å². The third kappa shape index (κ3) is 6.07. The van der Waals surface area contributed by atoms with Crippen LogP contribution in [0, 0.1) is 30.0 Å². The van der Waals surface area contributed by atoms with Crippen molar-refractivity contribution < 1.29 is 23.1 Å². The number of ether oxygens (including phenoxy) is 1. The number of aromatic nitrogens is 2. The average Bonchev–Trinajstić information content (AvgIpc) is 2.82. The van der Waals surface area contributed by atoms with Crippen molar-refractivity contribution in [3.8, 4) is 18.2 Å². The molecule has 0 saturated carbocycles. The zero-order chi connectivity index (χ0) is 25.5. The minimum Gasteiger partial charge on any atom is -0.463 e. The molecule has 0 radical (unpaired) electrons. The van der Waals surface area contributed by atoms with Gasteiger partial charge in [0.2, 0.25) is 5.88 Å². The molecule has 12 heteroatoms. The Balaban J connectivity index is 2.46. The van der Waals surface area contributed by atoms with Gasteiger partial charge < -0.3 is 21.1 Å². The molecule has 3 amide bonds. The summed E-state index contributed by atoms with van der Waals surface area (Å²) < 4.78 is 34.5. The number of anilines is 1. The molecular formula is C22H24ClF2N5O3S. The monoisotopic (exact) mass is 511 g/mol. The molecule has 0 unspecified atom stereocenters. The number of nitrogens with two attached hydrogens (primary N) is 1. The van der Waals surface area contributed by atoms with Crippen LogP contribution in [0.2, 0.25) is 5.02 Å². The topological polar surface area (TPSA) is 119 Å². The summed E-state index contributed by atoms with van der Waals surface area (Å²) in [5.41, 5.74) is 3.30. The number of benzene rings is 1. The number of halogens is 3. The van der Waals surface area contributed by atoms with Crippen LogP contribution in [0.15, 0.2) is 24.5 Å². The minimum atomic E-state index is -1.78. The number of rotatable bonds is 10. The number of carbonyl (C=O) groups is 2. The van der Waals surface area contributed by atoms with Crippen molar-refractivity contribution in [2.24, 2.45) is 17.6 Å². The maximum Gasteiger partial charge on any atom is 0.312 e. The fourth-order valence-electron chi connectivity index (χ4n) is 3.32. The molecular weight excluding hydrogens is 488 g/mol. The van der Waals surface area contributed by atoms with Crippen LogP contribution >= 0.6 is 24.2 Å². The van der Waals surface area contributed by atoms with Gasteiger partial charge in [0.1, 0.15) is 18.2 Å². The van der Waals surface area contributed by atoms with Crippen LogP contribution in [0.3, 0.4) is 0 Å². The highest BCUT2D eigenvalue weighted by Crippen LogP contribution is 2.41. The highest BCUT2D eigenvalue weighted by molar-refractivity contribution is 7.80. The molecule has 1 aromatic carbocycles. The van der Waals surface area contributed by atoms with Crippen LogP contribution in [0.1, 0.15) is 29.9 Å². The van der Waals surface area contributed by atoms with E-state index < -0.39 is 40.9 Å². The van der Waals surface area contributed by atoms with Gasteiger partial charge in [-0.2, -0.15) is 12.6 Å². The molecule has 2 rings (SSSR count). The summed E-state index contributed by atoms with van der Waals surface area (Å²) in [4.78, 5) is 32.2. The van der Waals surface area contributed by atoms with E-state index >= 15 is 0 Å². The van der Waals surface area contributed by atoms with Gasteiger partial charge in [-0.15, -0.1) is 6.42 Å². The fourth-order valence-corrected chi connectivity index (χ4v) is 3.92. The van der Waals surface area contributed by atoms with Gasteiger partial charge >= 0.3 is 6.03 Å². The van der Waals surface area contributed by atoms with Crippen LogP contribution in [0.5, 0.6) is 5.88 Å². The van der Waals surface area contributed by atoms with E-state index in [2.05, 4.69) is 39.2 Å². The number of carbonyl (C=O) groups excluding carboxylic acids is 2. The summed E-state index contributed by atoms with van der Waals surface area (Å²) in [5, 5.41) is 4.44. The summed E-state index contributed by atoms with van der Waals surface area (Å²) in [5.74, 6) is 0.235. The van der Waals surface area contributed by atoms with Gasteiger partial charge in [0.05, 0.1) is 23.0 Å². The maximum atomic E-state index is 14.8. The number of thiol groups is 1. The summed E-state index contributed by atoms with van der Waals surface area (Å²) in [6, 6.07) is 1.21. The van der Waals surface area contributed by atoms with Crippen molar-refractivity contribution in [2.75, 3.05) is 24.4 Å². The molecule has 0 spiro atoms. The molecule has 0 fully saturated rings. The van der Waals surface area contributed by atoms with E-state index in [9.17, 15) is 18.4 Å². The van der Waals surface area contributed by atoms with Gasteiger partial charge in [0.25, 0.3) is 5.91 Å². The Labute approximate surface area is 206 Å². The molecule has 3 atom stereocenters. The van der Waals surface area contributed by atoms with E-state index in [-0.39, 0.29) is 35.3 Å². The molecule has 0 aliphatic carbocycles. The van der Waals surface area contributed by atoms with Crippen molar-refractivity contribution in [2.45, 2.75) is 19.4 Å². The number of nitrogens with zero attached hydrogens (tertiary/aromatic N) is 2. The number of amides is 3. The zero-order valence-corrected chi connectivity index (χ0v) is 20.1. The minimum absolute atomic E-state index is 0.0209. The number of urea groups is 1. The van der Waals surface area contributed by atoms with E-state index in [0.29, 0.717) is 5.75 Å². The number of nitrogens with one attached hydrogen (secondary N) is 2. The van der Waals surface area contributed by atoms with E-state index in [1.807, 2.05) is 0 Å². The summed E-state index contributed by atoms with van der Waals surface area (Å²) in [6.07, 6.45) is 7.44. The third-order valence-electron chi connectivity index (χ3n) is 5.41. The number of alkyl halides is 1. The third-order valence-corrected chi connectivity index (χ3v) is 6.37. The number of hydrogen-bond acceptors (Lipinski definition) is 6. The van der Waals surface area contributed by atoms with Gasteiger partial charge in [0.15, 0.2) is 6.61 Å². The molecule has 0 aliphatic rings. The summed E-state index contributed by atoms with van der Waals surface area (Å²) >= 11 is 10.4. The smallest absolute Gasteiger partial charge is 0.312 e. The summed E-state index contributed by atoms with van der Waals surface area (Å²) in [6.45, 7) is 2.29. The molecule has 4 N–H and O–H groups in total. The highest BCUT2D eigenvalue weighted by atomic mass is 35.5. The lowest BCUT2D eigenvalue weighted by atomic mass is 9.74. The van der Waals surface area contributed by atoms with Gasteiger partial charge in [-0.05, 0) is 29.7 Å². The molecule has 1 heterocycles. The lowest BCUT2D eigenvalue weighted by Crippen LogP contribution is -2.55. The van der Waals surface area contributed by atoms with Crippen LogP contribution in [-0.4, -0.2) is 40.9 Å². The lowest BCUT2D eigenvalue weighted by Gasteiger charge is -2.41. The van der Waals surface area contributed by atoms with Gasteiger partial charge in [-0.25, -0.2) is 23.5 Å². The first kappa shape index (κ1) is 27.1. The molecule has 182 valence electrons. The Morgan fingerprint density at radius 1 is 1.35 bits per heavy atom. The number of hydrogen-bond donors (Lipinski definition) is 4. The second-order valence-electron chi connectivity index (χ2n) is 7.55. The Morgan fingerprint density at radius 3 is 2.59 bits per heavy atom. The second kappa shape index (κ2) is 11.9. The van der Waals surface area contributed by atoms with Crippen molar-refractivity contribution in [1.82, 2.24) is 15.3 Å². The first-order valence-corrected chi connectivity index (χ1v) is 11.0. The highest BCUT2D eigenvalue weighted by Gasteiger charge is 2.44. The first-order valence-electron chi connectivity index (χ1n) is 10.0. The number of terminal acetylenes is 1. The van der Waals surface area contributed by atoms with Crippen molar-refractivity contribution in [1.29, 1.82) is 0 Å². The Kier molecular flexibility index (Phi) is 9.46. The first-order chi connectivity index (χ1) is 16.1. The van der Waals surface area contributed by atoms with Gasteiger partial charge in [-0.1, -0.05) is 31.4 Å². The van der Waals surface area contributed by atoms with Gasteiger partial charge in [-0.3, -0.25) is 4.79 Å². The van der Waals surface area contributed by atoms with Crippen molar-refractivity contribution >= 4 is 41.9 Å². The maximum absolute atomic E-state index is 14.8. The molecule has 34 heavy (non-hydrogen) atoms. The Hall–Kier alpha value is -3.10. The predicted molar refractivity (Wildman–Crippen MR) is 128 cm³/mol. The standard InChI is InChI=1S/C22H24ClF2N5O3S/c1-4-5-33-18-9-27-17(8-28-18)20(31)29-14-6-15(19(23)16(25)7-14)22(11-24,30-21(26)32)13(3)12(2)10-34/h1,6-9,12-13,34H,5,10-11H2,2-3H3,(H,29,31)(H3,26,30,32)/t12-,13-,22-/m1/s1. The Morgan fingerprint density at radius 2 is 2.06 bits per heavy atom. The Bertz CT molecular complexity index is 1080. The second-order valence-corrected chi connectivity index (χ2v) is 8.29. The van der Waals surface area contributed by atoms with Crippen molar-refractivity contribution in [3.05, 3.63) is 46.6 Å². The molecule has 2 aromatic rings. The van der Waals surface area contributed by atoms with Crippen LogP contribution in [-0.2, 0) is 5.54 Å². The molecule has 1 aromatic heterocycles. The average molecular weight is 512 g/mol. The lowest BCUT2D eigenvalue weighted by molar-refractivity contribution is 0.102. The SMILES string of the molecule is C#CCOc1cnc(C(=O)Nc2cc(F)c(Cl)c([C@](CF)(NC(N)=O)[C@H](C)[C@H](C)CS)c2)cn1.